The molecule has 0 amide bonds. The Morgan fingerprint density at radius 2 is 1.44 bits per heavy atom. The van der Waals surface area contributed by atoms with Gasteiger partial charge >= 0.3 is 0 Å². The summed E-state index contributed by atoms with van der Waals surface area (Å²) in [4.78, 5) is 0. The Balaban J connectivity index is 1.77. The Hall–Kier alpha value is -1.38. The second kappa shape index (κ2) is 4.71. The summed E-state index contributed by atoms with van der Waals surface area (Å²) < 4.78 is 10.6. The molecule has 0 atom stereocenters. The van der Waals surface area contributed by atoms with E-state index in [1.807, 2.05) is 6.07 Å². The highest BCUT2D eigenvalue weighted by molar-refractivity contribution is 5.54. The van der Waals surface area contributed by atoms with Gasteiger partial charge in [-0.1, -0.05) is 0 Å². The van der Waals surface area contributed by atoms with Gasteiger partial charge < -0.3 is 14.8 Å². The number of ether oxygens (including phenoxy) is 2. The van der Waals surface area contributed by atoms with Crippen LogP contribution < -0.4 is 14.8 Å². The minimum absolute atomic E-state index is 0.654. The standard InChI is InChI=1S/C15H21NO2/c1-17-13-7-12(8-14(9-13)18-2)16-15(10-3-4-10)11-5-6-11/h7-11,15-16H,3-6H2,1-2H3. The second-order valence-corrected chi connectivity index (χ2v) is 5.45. The van der Waals surface area contributed by atoms with Gasteiger partial charge in [-0.3, -0.25) is 0 Å². The third-order valence-electron chi connectivity index (χ3n) is 3.94. The van der Waals surface area contributed by atoms with Crippen molar-refractivity contribution in [1.29, 1.82) is 0 Å². The summed E-state index contributed by atoms with van der Waals surface area (Å²) in [6.45, 7) is 0. The molecular weight excluding hydrogens is 226 g/mol. The Kier molecular flexibility index (Phi) is 3.06. The van der Waals surface area contributed by atoms with E-state index in [9.17, 15) is 0 Å². The minimum atomic E-state index is 0.654. The van der Waals surface area contributed by atoms with Crippen LogP contribution in [0.2, 0.25) is 0 Å². The molecule has 3 heteroatoms. The van der Waals surface area contributed by atoms with Gasteiger partial charge in [0.1, 0.15) is 11.5 Å². The van der Waals surface area contributed by atoms with Crippen LogP contribution in [-0.2, 0) is 0 Å². The highest BCUT2D eigenvalue weighted by atomic mass is 16.5. The molecule has 3 rings (SSSR count). The Morgan fingerprint density at radius 3 is 1.83 bits per heavy atom. The van der Waals surface area contributed by atoms with Crippen LogP contribution >= 0.6 is 0 Å². The molecule has 1 aromatic rings. The van der Waals surface area contributed by atoms with E-state index in [0.29, 0.717) is 6.04 Å². The van der Waals surface area contributed by atoms with Crippen LogP contribution in [0.4, 0.5) is 5.69 Å². The van der Waals surface area contributed by atoms with Crippen molar-refractivity contribution >= 4 is 5.69 Å². The van der Waals surface area contributed by atoms with Gasteiger partial charge in [-0.15, -0.1) is 0 Å². The smallest absolute Gasteiger partial charge is 0.124 e. The summed E-state index contributed by atoms with van der Waals surface area (Å²) in [7, 11) is 3.38. The quantitative estimate of drug-likeness (QED) is 0.836. The van der Waals surface area contributed by atoms with Gasteiger partial charge in [0, 0.05) is 29.9 Å². The molecule has 3 nitrogen and oxygen atoms in total. The lowest BCUT2D eigenvalue weighted by Gasteiger charge is -2.20. The molecule has 0 saturated heterocycles. The maximum absolute atomic E-state index is 5.31. The molecule has 2 fully saturated rings. The first-order valence-corrected chi connectivity index (χ1v) is 6.80. The molecule has 0 radical (unpaired) electrons. The predicted molar refractivity (Wildman–Crippen MR) is 72.4 cm³/mol. The lowest BCUT2D eigenvalue weighted by molar-refractivity contribution is 0.394. The molecule has 2 saturated carbocycles. The molecule has 0 unspecified atom stereocenters. The number of hydrogen-bond acceptors (Lipinski definition) is 3. The average Bonchev–Trinajstić information content (AvgIpc) is 3.28. The van der Waals surface area contributed by atoms with Gasteiger partial charge in [-0.05, 0) is 37.5 Å². The van der Waals surface area contributed by atoms with Crippen LogP contribution in [0, 0.1) is 11.8 Å². The van der Waals surface area contributed by atoms with Crippen LogP contribution in [0.5, 0.6) is 11.5 Å². The van der Waals surface area contributed by atoms with Gasteiger partial charge in [0.15, 0.2) is 0 Å². The maximum Gasteiger partial charge on any atom is 0.124 e. The van der Waals surface area contributed by atoms with E-state index in [1.54, 1.807) is 14.2 Å². The number of hydrogen-bond donors (Lipinski definition) is 1. The molecule has 1 aromatic carbocycles. The average molecular weight is 247 g/mol. The van der Waals surface area contributed by atoms with E-state index in [4.69, 9.17) is 9.47 Å². The first kappa shape index (κ1) is 11.7. The fourth-order valence-corrected chi connectivity index (χ4v) is 2.61. The molecular formula is C15H21NO2. The number of nitrogens with one attached hydrogen (secondary N) is 1. The van der Waals surface area contributed by atoms with Crippen molar-refractivity contribution < 1.29 is 9.47 Å². The summed E-state index contributed by atoms with van der Waals surface area (Å²) in [5, 5.41) is 3.69. The third kappa shape index (κ3) is 2.55. The van der Waals surface area contributed by atoms with Crippen LogP contribution in [0.25, 0.3) is 0 Å². The van der Waals surface area contributed by atoms with E-state index in [2.05, 4.69) is 17.4 Å². The largest absolute Gasteiger partial charge is 0.497 e. The van der Waals surface area contributed by atoms with E-state index >= 15 is 0 Å². The van der Waals surface area contributed by atoms with E-state index in [-0.39, 0.29) is 0 Å². The van der Waals surface area contributed by atoms with Crippen molar-refractivity contribution in [3.63, 3.8) is 0 Å². The second-order valence-electron chi connectivity index (χ2n) is 5.45. The monoisotopic (exact) mass is 247 g/mol. The number of anilines is 1. The van der Waals surface area contributed by atoms with E-state index < -0.39 is 0 Å². The van der Waals surface area contributed by atoms with Gasteiger partial charge in [0.05, 0.1) is 14.2 Å². The summed E-state index contributed by atoms with van der Waals surface area (Å²) in [5.74, 6) is 3.47. The van der Waals surface area contributed by atoms with Crippen molar-refractivity contribution in [2.45, 2.75) is 31.7 Å². The Morgan fingerprint density at radius 1 is 0.944 bits per heavy atom. The summed E-state index contributed by atoms with van der Waals surface area (Å²) in [5.41, 5.74) is 1.12. The zero-order valence-corrected chi connectivity index (χ0v) is 11.1. The third-order valence-corrected chi connectivity index (χ3v) is 3.94. The minimum Gasteiger partial charge on any atom is -0.497 e. The number of methoxy groups -OCH3 is 2. The topological polar surface area (TPSA) is 30.5 Å². The summed E-state index contributed by atoms with van der Waals surface area (Å²) >= 11 is 0. The fraction of sp³-hybridized carbons (Fsp3) is 0.600. The van der Waals surface area contributed by atoms with Crippen LogP contribution in [0.3, 0.4) is 0 Å². The normalized spacial score (nSPS) is 18.8. The Bertz CT molecular complexity index is 390. The van der Waals surface area contributed by atoms with Gasteiger partial charge in [-0.25, -0.2) is 0 Å². The first-order valence-electron chi connectivity index (χ1n) is 6.80. The van der Waals surface area contributed by atoms with Crippen molar-refractivity contribution in [3.8, 4) is 11.5 Å². The molecule has 0 aromatic heterocycles. The molecule has 0 bridgehead atoms. The summed E-state index contributed by atoms with van der Waals surface area (Å²) in [6, 6.07) is 6.68. The van der Waals surface area contributed by atoms with Gasteiger partial charge in [-0.2, -0.15) is 0 Å². The van der Waals surface area contributed by atoms with Crippen molar-refractivity contribution in [1.82, 2.24) is 0 Å². The maximum atomic E-state index is 5.31. The molecule has 1 N–H and O–H groups in total. The lowest BCUT2D eigenvalue weighted by atomic mass is 10.1. The van der Waals surface area contributed by atoms with Crippen LogP contribution in [0.15, 0.2) is 18.2 Å². The molecule has 0 aliphatic heterocycles. The van der Waals surface area contributed by atoms with Gasteiger partial charge in [0.25, 0.3) is 0 Å². The van der Waals surface area contributed by atoms with E-state index in [0.717, 1.165) is 29.0 Å². The zero-order chi connectivity index (χ0) is 12.5. The molecule has 98 valence electrons. The number of rotatable bonds is 6. The Labute approximate surface area is 108 Å². The van der Waals surface area contributed by atoms with Crippen LogP contribution in [-0.4, -0.2) is 20.3 Å². The lowest BCUT2D eigenvalue weighted by Crippen LogP contribution is -2.24. The van der Waals surface area contributed by atoms with Crippen LogP contribution in [0.1, 0.15) is 25.7 Å². The van der Waals surface area contributed by atoms with Gasteiger partial charge in [0.2, 0.25) is 0 Å². The molecule has 0 heterocycles. The number of benzene rings is 1. The highest BCUT2D eigenvalue weighted by Crippen LogP contribution is 2.46. The first-order chi connectivity index (χ1) is 8.80. The molecule has 2 aliphatic rings. The van der Waals surface area contributed by atoms with Crippen molar-refractivity contribution in [3.05, 3.63) is 18.2 Å². The van der Waals surface area contributed by atoms with E-state index in [1.165, 1.54) is 25.7 Å². The SMILES string of the molecule is COc1cc(NC(C2CC2)C2CC2)cc(OC)c1. The van der Waals surface area contributed by atoms with Crippen molar-refractivity contribution in [2.24, 2.45) is 11.8 Å². The fourth-order valence-electron chi connectivity index (χ4n) is 2.61. The zero-order valence-electron chi connectivity index (χ0n) is 11.1. The predicted octanol–water partition coefficient (Wildman–Crippen LogP) is 3.30. The highest BCUT2D eigenvalue weighted by Gasteiger charge is 2.41. The molecule has 2 aliphatic carbocycles. The molecule has 0 spiro atoms. The van der Waals surface area contributed by atoms with Crippen molar-refractivity contribution in [2.75, 3.05) is 19.5 Å². The molecule has 18 heavy (non-hydrogen) atoms. The summed E-state index contributed by atoms with van der Waals surface area (Å²) in [6.07, 6.45) is 5.54.